The van der Waals surface area contributed by atoms with Gasteiger partial charge in [-0.05, 0) is 51.3 Å². The molecule has 0 atom stereocenters. The van der Waals surface area contributed by atoms with E-state index in [1.807, 2.05) is 12.1 Å². The Hall–Kier alpha value is -3.60. The summed E-state index contributed by atoms with van der Waals surface area (Å²) in [7, 11) is -1.47. The van der Waals surface area contributed by atoms with Crippen LogP contribution >= 0.6 is 0 Å². The van der Waals surface area contributed by atoms with Crippen LogP contribution in [0.4, 0.5) is 0 Å². The molecule has 0 radical (unpaired) electrons. The number of aromatic nitrogens is 1. The van der Waals surface area contributed by atoms with Crippen molar-refractivity contribution >= 4 is 55.9 Å². The minimum Gasteiger partial charge on any atom is -0.423 e. The first kappa shape index (κ1) is 17.3. The molecule has 2 N–H and O–H groups in total. The van der Waals surface area contributed by atoms with Crippen LogP contribution in [0, 0.1) is 0 Å². The minimum absolute atomic E-state index is 0.482. The monoisotopic (exact) mass is 387 g/mol. The van der Waals surface area contributed by atoms with Gasteiger partial charge in [0, 0.05) is 16.5 Å². The van der Waals surface area contributed by atoms with E-state index < -0.39 is 7.12 Å². The Morgan fingerprint density at radius 1 is 0.533 bits per heavy atom. The van der Waals surface area contributed by atoms with Crippen LogP contribution in [0.3, 0.4) is 0 Å². The molecule has 142 valence electrons. The van der Waals surface area contributed by atoms with E-state index in [1.165, 1.54) is 32.3 Å². The molecule has 30 heavy (non-hydrogen) atoms. The molecule has 6 rings (SSSR count). The van der Waals surface area contributed by atoms with Crippen molar-refractivity contribution in [2.45, 2.75) is 0 Å². The van der Waals surface area contributed by atoms with Crippen molar-refractivity contribution in [2.24, 2.45) is 0 Å². The zero-order valence-electron chi connectivity index (χ0n) is 16.2. The van der Waals surface area contributed by atoms with Crippen molar-refractivity contribution in [1.82, 2.24) is 4.57 Å². The molecule has 0 amide bonds. The van der Waals surface area contributed by atoms with Crippen molar-refractivity contribution in [3.05, 3.63) is 97.1 Å². The molecule has 0 bridgehead atoms. The molecule has 5 aromatic carbocycles. The van der Waals surface area contributed by atoms with Gasteiger partial charge in [0.25, 0.3) is 0 Å². The van der Waals surface area contributed by atoms with Crippen LogP contribution in [-0.2, 0) is 0 Å². The standard InChI is InChI=1S/C26H18BNO2/c29-27(30)19-11-13-20(14-12-19)28-23-15-9-17-5-1-3-7-21(17)25(23)26-22-8-4-2-6-18(22)10-16-24(26)28/h1-16,29-30H. The van der Waals surface area contributed by atoms with Gasteiger partial charge in [0.1, 0.15) is 0 Å². The Morgan fingerprint density at radius 3 is 1.53 bits per heavy atom. The van der Waals surface area contributed by atoms with E-state index in [2.05, 4.69) is 77.4 Å². The fraction of sp³-hybridized carbons (Fsp3) is 0. The number of hydrogen-bond acceptors (Lipinski definition) is 2. The van der Waals surface area contributed by atoms with Crippen LogP contribution in [-0.4, -0.2) is 21.7 Å². The first-order valence-electron chi connectivity index (χ1n) is 10.0. The van der Waals surface area contributed by atoms with Crippen LogP contribution in [0.15, 0.2) is 97.1 Å². The topological polar surface area (TPSA) is 45.4 Å². The van der Waals surface area contributed by atoms with Gasteiger partial charge in [0.2, 0.25) is 0 Å². The Bertz CT molecular complexity index is 1470. The van der Waals surface area contributed by atoms with E-state index in [1.54, 1.807) is 12.1 Å². The summed E-state index contributed by atoms with van der Waals surface area (Å²) >= 11 is 0. The molecule has 0 aliphatic rings. The SMILES string of the molecule is OB(O)c1ccc(-n2c3ccc4ccccc4c3c3c4ccccc4ccc32)cc1. The molecule has 0 saturated carbocycles. The van der Waals surface area contributed by atoms with Gasteiger partial charge in [-0.15, -0.1) is 0 Å². The molecule has 0 saturated heterocycles. The second-order valence-electron chi connectivity index (χ2n) is 7.66. The highest BCUT2D eigenvalue weighted by Crippen LogP contribution is 2.40. The van der Waals surface area contributed by atoms with Crippen molar-refractivity contribution in [2.75, 3.05) is 0 Å². The van der Waals surface area contributed by atoms with Crippen molar-refractivity contribution in [1.29, 1.82) is 0 Å². The summed E-state index contributed by atoms with van der Waals surface area (Å²) in [6.45, 7) is 0. The van der Waals surface area contributed by atoms with Gasteiger partial charge in [-0.25, -0.2) is 0 Å². The molecular weight excluding hydrogens is 369 g/mol. The Labute approximate surface area is 173 Å². The zero-order valence-corrected chi connectivity index (χ0v) is 16.2. The lowest BCUT2D eigenvalue weighted by Gasteiger charge is -2.09. The highest BCUT2D eigenvalue weighted by Gasteiger charge is 2.17. The summed E-state index contributed by atoms with van der Waals surface area (Å²) in [5.41, 5.74) is 3.75. The second kappa shape index (κ2) is 6.46. The largest absolute Gasteiger partial charge is 0.488 e. The molecule has 4 heteroatoms. The highest BCUT2D eigenvalue weighted by atomic mass is 16.4. The number of rotatable bonds is 2. The van der Waals surface area contributed by atoms with Crippen LogP contribution in [0.1, 0.15) is 0 Å². The van der Waals surface area contributed by atoms with E-state index in [4.69, 9.17) is 0 Å². The third-order valence-corrected chi connectivity index (χ3v) is 6.00. The van der Waals surface area contributed by atoms with Crippen molar-refractivity contribution in [3.8, 4) is 5.69 Å². The molecule has 0 aliphatic heterocycles. The molecule has 1 aromatic heterocycles. The number of fused-ring (bicyclic) bond motifs is 7. The third kappa shape index (κ3) is 2.41. The van der Waals surface area contributed by atoms with Crippen LogP contribution in [0.5, 0.6) is 0 Å². The summed E-state index contributed by atoms with van der Waals surface area (Å²) in [6, 6.07) is 33.1. The maximum absolute atomic E-state index is 9.47. The van der Waals surface area contributed by atoms with E-state index in [0.29, 0.717) is 5.46 Å². The van der Waals surface area contributed by atoms with Gasteiger partial charge in [0.15, 0.2) is 0 Å². The Balaban J connectivity index is 1.83. The van der Waals surface area contributed by atoms with Gasteiger partial charge in [-0.3, -0.25) is 0 Å². The predicted octanol–water partition coefficient (Wildman–Crippen LogP) is 4.77. The van der Waals surface area contributed by atoms with Crippen LogP contribution in [0.2, 0.25) is 0 Å². The molecule has 0 fully saturated rings. The average molecular weight is 387 g/mol. The summed E-state index contributed by atoms with van der Waals surface area (Å²) in [4.78, 5) is 0. The van der Waals surface area contributed by atoms with E-state index in [0.717, 1.165) is 16.7 Å². The second-order valence-corrected chi connectivity index (χ2v) is 7.66. The van der Waals surface area contributed by atoms with Crippen LogP contribution in [0.25, 0.3) is 49.0 Å². The smallest absolute Gasteiger partial charge is 0.423 e. The number of nitrogens with zero attached hydrogens (tertiary/aromatic N) is 1. The zero-order chi connectivity index (χ0) is 20.2. The van der Waals surface area contributed by atoms with Crippen molar-refractivity contribution in [3.63, 3.8) is 0 Å². The normalized spacial score (nSPS) is 11.7. The highest BCUT2D eigenvalue weighted by molar-refractivity contribution is 6.58. The summed E-state index contributed by atoms with van der Waals surface area (Å²) in [5.74, 6) is 0. The summed E-state index contributed by atoms with van der Waals surface area (Å²) in [6.07, 6.45) is 0. The molecule has 3 nitrogen and oxygen atoms in total. The Kier molecular flexibility index (Phi) is 3.72. The predicted molar refractivity (Wildman–Crippen MR) is 126 cm³/mol. The van der Waals surface area contributed by atoms with Gasteiger partial charge in [-0.1, -0.05) is 72.8 Å². The minimum atomic E-state index is -1.47. The number of benzene rings is 5. The van der Waals surface area contributed by atoms with Gasteiger partial charge < -0.3 is 14.6 Å². The molecule has 0 unspecified atom stereocenters. The fourth-order valence-corrected chi connectivity index (χ4v) is 4.62. The van der Waals surface area contributed by atoms with Gasteiger partial charge >= 0.3 is 7.12 Å². The average Bonchev–Trinajstić information content (AvgIpc) is 3.14. The summed E-state index contributed by atoms with van der Waals surface area (Å²) in [5, 5.41) is 26.3. The lowest BCUT2D eigenvalue weighted by molar-refractivity contribution is 0.426. The Morgan fingerprint density at radius 2 is 1.03 bits per heavy atom. The molecule has 1 heterocycles. The first-order chi connectivity index (χ1) is 14.7. The lowest BCUT2D eigenvalue weighted by atomic mass is 9.80. The fourth-order valence-electron chi connectivity index (χ4n) is 4.62. The van der Waals surface area contributed by atoms with E-state index >= 15 is 0 Å². The van der Waals surface area contributed by atoms with E-state index in [-0.39, 0.29) is 0 Å². The van der Waals surface area contributed by atoms with Gasteiger partial charge in [-0.2, -0.15) is 0 Å². The van der Waals surface area contributed by atoms with Crippen molar-refractivity contribution < 1.29 is 10.0 Å². The molecule has 0 aliphatic carbocycles. The quantitative estimate of drug-likeness (QED) is 0.421. The molecular formula is C26H18BNO2. The van der Waals surface area contributed by atoms with Gasteiger partial charge in [0.05, 0.1) is 11.0 Å². The lowest BCUT2D eigenvalue weighted by Crippen LogP contribution is -2.29. The van der Waals surface area contributed by atoms with E-state index in [9.17, 15) is 10.0 Å². The third-order valence-electron chi connectivity index (χ3n) is 6.00. The summed E-state index contributed by atoms with van der Waals surface area (Å²) < 4.78 is 2.26. The molecule has 0 spiro atoms. The maximum atomic E-state index is 9.47. The molecule has 6 aromatic rings. The van der Waals surface area contributed by atoms with Crippen LogP contribution < -0.4 is 5.46 Å². The maximum Gasteiger partial charge on any atom is 0.488 e. The first-order valence-corrected chi connectivity index (χ1v) is 10.0. The number of hydrogen-bond donors (Lipinski definition) is 2.